The van der Waals surface area contributed by atoms with Crippen LogP contribution < -0.4 is 9.64 Å². The number of ether oxygens (including phenoxy) is 3. The molecule has 0 N–H and O–H groups in total. The van der Waals surface area contributed by atoms with Crippen LogP contribution in [-0.4, -0.2) is 49.3 Å². The Balaban J connectivity index is 1.25. The Kier molecular flexibility index (Phi) is 6.63. The van der Waals surface area contributed by atoms with E-state index in [4.69, 9.17) is 19.2 Å². The van der Waals surface area contributed by atoms with Gasteiger partial charge >= 0.3 is 0 Å². The van der Waals surface area contributed by atoms with Gasteiger partial charge in [0.25, 0.3) is 0 Å². The maximum absolute atomic E-state index is 6.10. The molecule has 6 nitrogen and oxygen atoms in total. The van der Waals surface area contributed by atoms with Gasteiger partial charge in [0.1, 0.15) is 18.1 Å². The van der Waals surface area contributed by atoms with Gasteiger partial charge in [0.05, 0.1) is 18.9 Å². The minimum absolute atomic E-state index is 0.462. The van der Waals surface area contributed by atoms with Crippen LogP contribution >= 0.6 is 0 Å². The third kappa shape index (κ3) is 5.10. The monoisotopic (exact) mass is 431 g/mol. The first-order valence-corrected chi connectivity index (χ1v) is 11.3. The van der Waals surface area contributed by atoms with Crippen LogP contribution in [0.25, 0.3) is 0 Å². The van der Waals surface area contributed by atoms with E-state index in [1.54, 1.807) is 0 Å². The molecular weight excluding hydrogens is 402 g/mol. The van der Waals surface area contributed by atoms with Crippen LogP contribution in [0.2, 0.25) is 0 Å². The number of para-hydroxylation sites is 1. The molecule has 6 heteroatoms. The van der Waals surface area contributed by atoms with Gasteiger partial charge in [-0.05, 0) is 29.8 Å². The van der Waals surface area contributed by atoms with E-state index in [-0.39, 0.29) is 0 Å². The number of rotatable bonds is 7. The van der Waals surface area contributed by atoms with E-state index in [0.29, 0.717) is 19.8 Å². The molecule has 0 radical (unpaired) electrons. The maximum atomic E-state index is 6.10. The molecule has 3 heterocycles. The Morgan fingerprint density at radius 3 is 2.22 bits per heavy atom. The van der Waals surface area contributed by atoms with Crippen molar-refractivity contribution < 1.29 is 14.2 Å². The predicted octanol–water partition coefficient (Wildman–Crippen LogP) is 4.03. The second kappa shape index (κ2) is 10.1. The van der Waals surface area contributed by atoms with Crippen LogP contribution in [0.5, 0.6) is 5.75 Å². The zero-order valence-corrected chi connectivity index (χ0v) is 18.2. The fourth-order valence-electron chi connectivity index (χ4n) is 4.17. The van der Waals surface area contributed by atoms with Crippen LogP contribution in [-0.2, 0) is 22.6 Å². The number of anilines is 1. The molecule has 1 aromatic heterocycles. The van der Waals surface area contributed by atoms with Crippen molar-refractivity contribution in [2.75, 3.05) is 44.3 Å². The van der Waals surface area contributed by atoms with Gasteiger partial charge in [0.15, 0.2) is 0 Å². The highest BCUT2D eigenvalue weighted by Crippen LogP contribution is 2.31. The first-order chi connectivity index (χ1) is 15.8. The maximum Gasteiger partial charge on any atom is 0.205 e. The molecule has 2 aliphatic rings. The summed E-state index contributed by atoms with van der Waals surface area (Å²) in [7, 11) is 0. The average Bonchev–Trinajstić information content (AvgIpc) is 3.40. The Morgan fingerprint density at radius 1 is 0.812 bits per heavy atom. The van der Waals surface area contributed by atoms with E-state index in [1.807, 2.05) is 24.3 Å². The third-order valence-corrected chi connectivity index (χ3v) is 5.91. The Morgan fingerprint density at radius 2 is 1.50 bits per heavy atom. The van der Waals surface area contributed by atoms with E-state index >= 15 is 0 Å². The van der Waals surface area contributed by atoms with E-state index in [0.717, 1.165) is 55.4 Å². The summed E-state index contributed by atoms with van der Waals surface area (Å²) < 4.78 is 17.6. The summed E-state index contributed by atoms with van der Waals surface area (Å²) in [5.41, 5.74) is 4.16. The molecule has 0 atom stereocenters. The first-order valence-electron chi connectivity index (χ1n) is 11.3. The summed E-state index contributed by atoms with van der Waals surface area (Å²) in [6.07, 6.45) is -0.462. The molecule has 0 amide bonds. The quantitative estimate of drug-likeness (QED) is 0.563. The van der Waals surface area contributed by atoms with Gasteiger partial charge in [-0.25, -0.2) is 4.98 Å². The zero-order valence-electron chi connectivity index (χ0n) is 18.2. The minimum Gasteiger partial charge on any atom is -0.487 e. The smallest absolute Gasteiger partial charge is 0.205 e. The highest BCUT2D eigenvalue weighted by molar-refractivity contribution is 5.46. The fourth-order valence-corrected chi connectivity index (χ4v) is 4.17. The summed E-state index contributed by atoms with van der Waals surface area (Å²) in [6.45, 7) is 6.51. The molecule has 2 aromatic carbocycles. The molecule has 5 rings (SSSR count). The molecule has 2 fully saturated rings. The number of aromatic nitrogens is 1. The molecule has 166 valence electrons. The topological polar surface area (TPSA) is 47.1 Å². The molecule has 2 saturated heterocycles. The number of benzene rings is 2. The highest BCUT2D eigenvalue weighted by atomic mass is 16.7. The van der Waals surface area contributed by atoms with Crippen molar-refractivity contribution in [1.82, 2.24) is 9.88 Å². The van der Waals surface area contributed by atoms with E-state index in [9.17, 15) is 0 Å². The van der Waals surface area contributed by atoms with E-state index in [1.165, 1.54) is 5.69 Å². The second-order valence-corrected chi connectivity index (χ2v) is 8.13. The van der Waals surface area contributed by atoms with Gasteiger partial charge in [-0.1, -0.05) is 48.5 Å². The molecule has 2 aliphatic heterocycles. The van der Waals surface area contributed by atoms with Crippen molar-refractivity contribution in [2.24, 2.45) is 0 Å². The first kappa shape index (κ1) is 20.9. The third-order valence-electron chi connectivity index (χ3n) is 5.91. The summed E-state index contributed by atoms with van der Waals surface area (Å²) in [5.74, 6) is 0.721. The summed E-state index contributed by atoms with van der Waals surface area (Å²) in [5, 5.41) is 0. The van der Waals surface area contributed by atoms with Crippen LogP contribution in [0.1, 0.15) is 23.2 Å². The molecule has 3 aromatic rings. The van der Waals surface area contributed by atoms with Gasteiger partial charge in [0.2, 0.25) is 6.29 Å². The second-order valence-electron chi connectivity index (χ2n) is 8.13. The largest absolute Gasteiger partial charge is 0.487 e. The molecule has 0 unspecified atom stereocenters. The summed E-state index contributed by atoms with van der Waals surface area (Å²) in [4.78, 5) is 9.80. The normalized spacial score (nSPS) is 17.6. The average molecular weight is 432 g/mol. The Bertz CT molecular complexity index is 986. The number of hydrogen-bond donors (Lipinski definition) is 0. The number of pyridine rings is 1. The summed E-state index contributed by atoms with van der Waals surface area (Å²) >= 11 is 0. The lowest BCUT2D eigenvalue weighted by atomic mass is 10.2. The van der Waals surface area contributed by atoms with Crippen molar-refractivity contribution in [3.8, 4) is 5.75 Å². The van der Waals surface area contributed by atoms with Crippen molar-refractivity contribution in [3.63, 3.8) is 0 Å². The zero-order chi connectivity index (χ0) is 21.6. The van der Waals surface area contributed by atoms with Crippen LogP contribution in [0.15, 0.2) is 72.8 Å². The highest BCUT2D eigenvalue weighted by Gasteiger charge is 2.25. The van der Waals surface area contributed by atoms with Crippen molar-refractivity contribution in [1.29, 1.82) is 0 Å². The van der Waals surface area contributed by atoms with Gasteiger partial charge in [-0.15, -0.1) is 0 Å². The lowest BCUT2D eigenvalue weighted by Crippen LogP contribution is -2.46. The minimum atomic E-state index is -0.462. The lowest BCUT2D eigenvalue weighted by molar-refractivity contribution is -0.0493. The van der Waals surface area contributed by atoms with Gasteiger partial charge in [0, 0.05) is 38.4 Å². The van der Waals surface area contributed by atoms with Crippen LogP contribution in [0.3, 0.4) is 0 Å². The Labute approximate surface area is 189 Å². The van der Waals surface area contributed by atoms with E-state index in [2.05, 4.69) is 58.3 Å². The van der Waals surface area contributed by atoms with Gasteiger partial charge in [-0.2, -0.15) is 0 Å². The summed E-state index contributed by atoms with van der Waals surface area (Å²) in [6, 6.07) is 24.8. The van der Waals surface area contributed by atoms with Crippen molar-refractivity contribution in [2.45, 2.75) is 19.4 Å². The fraction of sp³-hybridized carbons (Fsp3) is 0.346. The molecule has 0 bridgehead atoms. The number of piperazine rings is 1. The lowest BCUT2D eigenvalue weighted by Gasteiger charge is -2.36. The van der Waals surface area contributed by atoms with Crippen LogP contribution in [0, 0.1) is 0 Å². The number of nitrogens with zero attached hydrogens (tertiary/aromatic N) is 3. The molecule has 0 spiro atoms. The van der Waals surface area contributed by atoms with Crippen LogP contribution in [0.4, 0.5) is 5.69 Å². The van der Waals surface area contributed by atoms with Crippen molar-refractivity contribution in [3.05, 3.63) is 89.7 Å². The predicted molar refractivity (Wildman–Crippen MR) is 124 cm³/mol. The SMILES string of the molecule is c1ccc(COc2ccc(CN3CCN(c4ccccc4)CC3)nc2C2OCCO2)cc1. The molecule has 0 aliphatic carbocycles. The molecule has 0 saturated carbocycles. The number of hydrogen-bond acceptors (Lipinski definition) is 6. The van der Waals surface area contributed by atoms with Crippen molar-refractivity contribution >= 4 is 5.69 Å². The van der Waals surface area contributed by atoms with E-state index < -0.39 is 6.29 Å². The molecular formula is C26H29N3O3. The Hall–Kier alpha value is -2.93. The standard InChI is InChI=1S/C26H29N3O3/c1-3-7-21(8-4-1)20-32-24-12-11-22(27-25(24)26-30-17-18-31-26)19-28-13-15-29(16-14-28)23-9-5-2-6-10-23/h1-12,26H,13-20H2. The van der Waals surface area contributed by atoms with Gasteiger partial charge in [-0.3, -0.25) is 4.90 Å². The molecule has 32 heavy (non-hydrogen) atoms. The van der Waals surface area contributed by atoms with Gasteiger partial charge < -0.3 is 19.1 Å².